The third kappa shape index (κ3) is 9.66. The van der Waals surface area contributed by atoms with Crippen LogP contribution in [0.25, 0.3) is 0 Å². The molecule has 0 aromatic carbocycles. The third-order valence-corrected chi connectivity index (χ3v) is 1.37. The monoisotopic (exact) mass is 157 g/mol. The number of rotatable bonds is 7. The molecule has 0 aliphatic heterocycles. The van der Waals surface area contributed by atoms with Gasteiger partial charge in [-0.15, -0.1) is 0 Å². The molecule has 0 rings (SSSR count). The molecular weight excluding hydrogens is 140 g/mol. The Morgan fingerprint density at radius 3 is 2.73 bits per heavy atom. The molecule has 0 atom stereocenters. The number of hydrogen-bond donors (Lipinski definition) is 0. The van der Waals surface area contributed by atoms with E-state index in [4.69, 9.17) is 4.74 Å². The minimum absolute atomic E-state index is 0.141. The summed E-state index contributed by atoms with van der Waals surface area (Å²) in [6.07, 6.45) is 6.94. The molecule has 0 N–H and O–H groups in total. The lowest BCUT2D eigenvalue weighted by Gasteiger charge is -1.98. The van der Waals surface area contributed by atoms with Crippen molar-refractivity contribution in [3.63, 3.8) is 0 Å². The summed E-state index contributed by atoms with van der Waals surface area (Å²) in [7, 11) is 0. The molecular formula is C9H17O2. The van der Waals surface area contributed by atoms with E-state index in [2.05, 4.69) is 6.92 Å². The lowest BCUT2D eigenvalue weighted by atomic mass is 10.3. The van der Waals surface area contributed by atoms with Gasteiger partial charge in [0.15, 0.2) is 0 Å². The van der Waals surface area contributed by atoms with Crippen LogP contribution < -0.4 is 0 Å². The first-order valence-corrected chi connectivity index (χ1v) is 4.22. The summed E-state index contributed by atoms with van der Waals surface area (Å²) in [6.45, 7) is 3.43. The van der Waals surface area contributed by atoms with Gasteiger partial charge in [-0.3, -0.25) is 0 Å². The molecule has 0 aromatic heterocycles. The lowest BCUT2D eigenvalue weighted by molar-refractivity contribution is 0.156. The number of hydrogen-bond acceptors (Lipinski definition) is 1. The van der Waals surface area contributed by atoms with Crippen LogP contribution in [0.3, 0.4) is 0 Å². The largest absolute Gasteiger partial charge is 0.377 e. The molecule has 0 aromatic rings. The zero-order valence-corrected chi connectivity index (χ0v) is 7.21. The van der Waals surface area contributed by atoms with Crippen molar-refractivity contribution in [1.29, 1.82) is 0 Å². The molecule has 0 heterocycles. The van der Waals surface area contributed by atoms with E-state index in [1.165, 1.54) is 12.8 Å². The summed E-state index contributed by atoms with van der Waals surface area (Å²) in [5.41, 5.74) is 0. The van der Waals surface area contributed by atoms with Crippen LogP contribution in [0, 0.1) is 0 Å². The van der Waals surface area contributed by atoms with Crippen molar-refractivity contribution >= 4 is 0 Å². The fourth-order valence-electron chi connectivity index (χ4n) is 0.742. The predicted octanol–water partition coefficient (Wildman–Crippen LogP) is 2.18. The van der Waals surface area contributed by atoms with Crippen LogP contribution in [0.5, 0.6) is 0 Å². The average Bonchev–Trinajstić information content (AvgIpc) is 2.03. The Bertz CT molecular complexity index is 89.6. The topological polar surface area (TPSA) is 29.1 Å². The molecule has 11 heavy (non-hydrogen) atoms. The van der Waals surface area contributed by atoms with E-state index in [9.17, 15) is 5.11 Å². The SMILES string of the molecule is CCCCCOCC=CC[O]. The minimum atomic E-state index is -0.141. The Labute approximate surface area is 68.9 Å². The first kappa shape index (κ1) is 10.7. The van der Waals surface area contributed by atoms with Crippen LogP contribution in [-0.2, 0) is 9.84 Å². The lowest BCUT2D eigenvalue weighted by Crippen LogP contribution is -1.93. The van der Waals surface area contributed by atoms with Gasteiger partial charge in [-0.25, -0.2) is 5.11 Å². The maximum atomic E-state index is 9.92. The Hall–Kier alpha value is -0.340. The first-order chi connectivity index (χ1) is 5.41. The maximum absolute atomic E-state index is 9.92. The van der Waals surface area contributed by atoms with Gasteiger partial charge in [-0.2, -0.15) is 0 Å². The van der Waals surface area contributed by atoms with Gasteiger partial charge >= 0.3 is 0 Å². The molecule has 0 amide bonds. The summed E-state index contributed by atoms with van der Waals surface area (Å²) in [5, 5.41) is 9.92. The Balaban J connectivity index is 2.85. The average molecular weight is 157 g/mol. The highest BCUT2D eigenvalue weighted by Gasteiger charge is 1.84. The molecule has 0 bridgehead atoms. The van der Waals surface area contributed by atoms with Crippen molar-refractivity contribution in [2.45, 2.75) is 26.2 Å². The van der Waals surface area contributed by atoms with Gasteiger partial charge in [-0.1, -0.05) is 31.9 Å². The highest BCUT2D eigenvalue weighted by Crippen LogP contribution is 1.93. The molecule has 1 radical (unpaired) electrons. The zero-order chi connectivity index (χ0) is 8.36. The molecule has 0 spiro atoms. The molecule has 0 saturated carbocycles. The van der Waals surface area contributed by atoms with Gasteiger partial charge in [0.25, 0.3) is 0 Å². The number of ether oxygens (including phenoxy) is 1. The smallest absolute Gasteiger partial charge is 0.100 e. The molecule has 2 heteroatoms. The molecule has 0 aliphatic carbocycles. The van der Waals surface area contributed by atoms with E-state index in [0.717, 1.165) is 13.0 Å². The maximum Gasteiger partial charge on any atom is 0.100 e. The molecule has 0 saturated heterocycles. The Morgan fingerprint density at radius 1 is 1.27 bits per heavy atom. The molecule has 65 valence electrons. The molecule has 0 fully saturated rings. The summed E-state index contributed by atoms with van der Waals surface area (Å²) in [6, 6.07) is 0. The highest BCUT2D eigenvalue weighted by atomic mass is 16.5. The van der Waals surface area contributed by atoms with E-state index in [-0.39, 0.29) is 6.61 Å². The van der Waals surface area contributed by atoms with Crippen molar-refractivity contribution in [3.05, 3.63) is 12.2 Å². The third-order valence-electron chi connectivity index (χ3n) is 1.37. The van der Waals surface area contributed by atoms with Gasteiger partial charge in [-0.05, 0) is 6.42 Å². The van der Waals surface area contributed by atoms with E-state index in [1.807, 2.05) is 0 Å². The summed E-state index contributed by atoms with van der Waals surface area (Å²) < 4.78 is 5.21. The van der Waals surface area contributed by atoms with E-state index in [0.29, 0.717) is 6.61 Å². The van der Waals surface area contributed by atoms with Crippen LogP contribution in [0.15, 0.2) is 12.2 Å². The summed E-state index contributed by atoms with van der Waals surface area (Å²) in [5.74, 6) is 0. The van der Waals surface area contributed by atoms with E-state index < -0.39 is 0 Å². The second-order valence-electron chi connectivity index (χ2n) is 2.42. The van der Waals surface area contributed by atoms with Crippen LogP contribution in [0.1, 0.15) is 26.2 Å². The van der Waals surface area contributed by atoms with Gasteiger partial charge in [0.05, 0.1) is 6.61 Å². The van der Waals surface area contributed by atoms with Crippen LogP contribution >= 0.6 is 0 Å². The van der Waals surface area contributed by atoms with Crippen molar-refractivity contribution in [3.8, 4) is 0 Å². The predicted molar refractivity (Wildman–Crippen MR) is 45.0 cm³/mol. The van der Waals surface area contributed by atoms with Crippen molar-refractivity contribution in [2.75, 3.05) is 19.8 Å². The second kappa shape index (κ2) is 9.66. The fraction of sp³-hybridized carbons (Fsp3) is 0.778. The van der Waals surface area contributed by atoms with E-state index >= 15 is 0 Å². The van der Waals surface area contributed by atoms with Crippen molar-refractivity contribution in [2.24, 2.45) is 0 Å². The van der Waals surface area contributed by atoms with Crippen LogP contribution in [-0.4, -0.2) is 19.8 Å². The fourth-order valence-corrected chi connectivity index (χ4v) is 0.742. The first-order valence-electron chi connectivity index (χ1n) is 4.22. The van der Waals surface area contributed by atoms with Crippen molar-refractivity contribution in [1.82, 2.24) is 0 Å². The standard InChI is InChI=1S/C9H17O2/c1-2-3-5-8-11-9-6-4-7-10/h4,6H,2-3,5,7-9H2,1H3. The molecule has 0 unspecified atom stereocenters. The Morgan fingerprint density at radius 2 is 2.09 bits per heavy atom. The van der Waals surface area contributed by atoms with Crippen molar-refractivity contribution < 1.29 is 9.84 Å². The Kier molecular flexibility index (Phi) is 9.36. The zero-order valence-electron chi connectivity index (χ0n) is 7.21. The quantitative estimate of drug-likeness (QED) is 0.411. The van der Waals surface area contributed by atoms with Gasteiger partial charge in [0, 0.05) is 6.61 Å². The van der Waals surface area contributed by atoms with Crippen LogP contribution in [0.2, 0.25) is 0 Å². The van der Waals surface area contributed by atoms with E-state index in [1.54, 1.807) is 12.2 Å². The van der Waals surface area contributed by atoms with Crippen LogP contribution in [0.4, 0.5) is 0 Å². The highest BCUT2D eigenvalue weighted by molar-refractivity contribution is 4.79. The summed E-state index contributed by atoms with van der Waals surface area (Å²) in [4.78, 5) is 0. The normalized spacial score (nSPS) is 11.1. The number of unbranched alkanes of at least 4 members (excludes halogenated alkanes) is 2. The summed E-state index contributed by atoms with van der Waals surface area (Å²) >= 11 is 0. The van der Waals surface area contributed by atoms with Gasteiger partial charge in [0.2, 0.25) is 0 Å². The van der Waals surface area contributed by atoms with Gasteiger partial charge < -0.3 is 4.74 Å². The second-order valence-corrected chi connectivity index (χ2v) is 2.42. The molecule has 2 nitrogen and oxygen atoms in total. The van der Waals surface area contributed by atoms with Gasteiger partial charge in [0.1, 0.15) is 6.61 Å². The minimum Gasteiger partial charge on any atom is -0.377 e. The molecule has 0 aliphatic rings.